The number of hydrogen-bond acceptors (Lipinski definition) is 3. The molecule has 1 heterocycles. The van der Waals surface area contributed by atoms with E-state index in [1.807, 2.05) is 0 Å². The van der Waals surface area contributed by atoms with E-state index in [2.05, 4.69) is 29.8 Å². The van der Waals surface area contributed by atoms with Gasteiger partial charge in [0.25, 0.3) is 0 Å². The largest absolute Gasteiger partial charge is 0.354 e. The molecule has 1 saturated heterocycles. The van der Waals surface area contributed by atoms with Crippen molar-refractivity contribution in [2.45, 2.75) is 58.0 Å². The highest BCUT2D eigenvalue weighted by molar-refractivity contribution is 5.83. The van der Waals surface area contributed by atoms with Gasteiger partial charge >= 0.3 is 0 Å². The first-order chi connectivity index (χ1) is 8.99. The molecule has 0 aromatic rings. The molecule has 1 aliphatic carbocycles. The molecule has 2 rings (SSSR count). The molecule has 2 amide bonds. The van der Waals surface area contributed by atoms with E-state index in [0.29, 0.717) is 19.0 Å². The number of nitrogens with one attached hydrogen (secondary N) is 3. The summed E-state index contributed by atoms with van der Waals surface area (Å²) < 4.78 is 0. The summed E-state index contributed by atoms with van der Waals surface area (Å²) in [4.78, 5) is 23.6. The summed E-state index contributed by atoms with van der Waals surface area (Å²) >= 11 is 0. The van der Waals surface area contributed by atoms with Crippen LogP contribution in [0.5, 0.6) is 0 Å². The Morgan fingerprint density at radius 2 is 2.05 bits per heavy atom. The van der Waals surface area contributed by atoms with Gasteiger partial charge in [-0.25, -0.2) is 0 Å². The molecule has 108 valence electrons. The number of amides is 2. The van der Waals surface area contributed by atoms with Crippen LogP contribution in [0.4, 0.5) is 0 Å². The Bertz CT molecular complexity index is 351. The molecule has 0 spiro atoms. The molecular formula is C14H25N3O2. The lowest BCUT2D eigenvalue weighted by atomic mass is 9.77. The van der Waals surface area contributed by atoms with Crippen molar-refractivity contribution in [1.82, 2.24) is 16.0 Å². The Hall–Kier alpha value is -1.10. The summed E-state index contributed by atoms with van der Waals surface area (Å²) in [5, 5.41) is 9.06. The summed E-state index contributed by atoms with van der Waals surface area (Å²) in [7, 11) is 0. The number of piperidine rings is 1. The molecule has 5 heteroatoms. The first kappa shape index (κ1) is 14.3. The van der Waals surface area contributed by atoms with Crippen molar-refractivity contribution in [2.75, 3.05) is 13.1 Å². The molecular weight excluding hydrogens is 242 g/mol. The summed E-state index contributed by atoms with van der Waals surface area (Å²) in [6.45, 7) is 5.54. The number of hydrogen-bond donors (Lipinski definition) is 3. The molecule has 3 N–H and O–H groups in total. The van der Waals surface area contributed by atoms with Crippen molar-refractivity contribution in [3.05, 3.63) is 0 Å². The maximum atomic E-state index is 12.1. The average molecular weight is 267 g/mol. The zero-order valence-corrected chi connectivity index (χ0v) is 11.9. The van der Waals surface area contributed by atoms with Crippen LogP contribution >= 0.6 is 0 Å². The topological polar surface area (TPSA) is 70.2 Å². The zero-order chi connectivity index (χ0) is 13.9. The van der Waals surface area contributed by atoms with Crippen LogP contribution in [0.3, 0.4) is 0 Å². The van der Waals surface area contributed by atoms with Crippen LogP contribution < -0.4 is 16.0 Å². The molecule has 2 aliphatic rings. The van der Waals surface area contributed by atoms with Crippen LogP contribution in [0, 0.1) is 5.41 Å². The van der Waals surface area contributed by atoms with Crippen molar-refractivity contribution >= 4 is 11.8 Å². The fraction of sp³-hybridized carbons (Fsp3) is 0.857. The van der Waals surface area contributed by atoms with Gasteiger partial charge in [0.15, 0.2) is 0 Å². The van der Waals surface area contributed by atoms with Gasteiger partial charge < -0.3 is 16.0 Å². The van der Waals surface area contributed by atoms with Gasteiger partial charge in [-0.3, -0.25) is 9.59 Å². The van der Waals surface area contributed by atoms with E-state index < -0.39 is 0 Å². The summed E-state index contributed by atoms with van der Waals surface area (Å²) in [6, 6.07) is 0.245. The molecule has 0 aromatic carbocycles. The first-order valence-electron chi connectivity index (χ1n) is 7.29. The Morgan fingerprint density at radius 1 is 1.32 bits per heavy atom. The lowest BCUT2D eigenvalue weighted by Crippen LogP contribution is -2.55. The van der Waals surface area contributed by atoms with E-state index in [4.69, 9.17) is 0 Å². The minimum absolute atomic E-state index is 0.0153. The third kappa shape index (κ3) is 4.20. The minimum Gasteiger partial charge on any atom is -0.354 e. The highest BCUT2D eigenvalue weighted by Crippen LogP contribution is 2.30. The molecule has 1 atom stereocenters. The van der Waals surface area contributed by atoms with E-state index in [1.165, 1.54) is 0 Å². The monoisotopic (exact) mass is 267 g/mol. The van der Waals surface area contributed by atoms with Gasteiger partial charge in [-0.1, -0.05) is 13.8 Å². The van der Waals surface area contributed by atoms with E-state index in [0.717, 1.165) is 32.2 Å². The van der Waals surface area contributed by atoms with Crippen molar-refractivity contribution in [1.29, 1.82) is 0 Å². The third-order valence-electron chi connectivity index (χ3n) is 3.98. The molecule has 0 bridgehead atoms. The quantitative estimate of drug-likeness (QED) is 0.681. The van der Waals surface area contributed by atoms with Gasteiger partial charge in [-0.05, 0) is 37.6 Å². The van der Waals surface area contributed by atoms with Crippen LogP contribution in [0.2, 0.25) is 0 Å². The van der Waals surface area contributed by atoms with E-state index in [1.54, 1.807) is 0 Å². The lowest BCUT2D eigenvalue weighted by Gasteiger charge is -2.38. The fourth-order valence-electron chi connectivity index (χ4n) is 2.59. The van der Waals surface area contributed by atoms with Gasteiger partial charge in [0.05, 0.1) is 6.04 Å². The fourth-order valence-corrected chi connectivity index (χ4v) is 2.59. The van der Waals surface area contributed by atoms with Crippen molar-refractivity contribution < 1.29 is 9.59 Å². The van der Waals surface area contributed by atoms with Crippen molar-refractivity contribution in [3.63, 3.8) is 0 Å². The normalized spacial score (nSPS) is 25.7. The van der Waals surface area contributed by atoms with Gasteiger partial charge in [-0.15, -0.1) is 0 Å². The molecule has 1 aliphatic heterocycles. The van der Waals surface area contributed by atoms with Crippen LogP contribution in [0.25, 0.3) is 0 Å². The smallest absolute Gasteiger partial charge is 0.237 e. The van der Waals surface area contributed by atoms with Gasteiger partial charge in [-0.2, -0.15) is 0 Å². The summed E-state index contributed by atoms with van der Waals surface area (Å²) in [5.41, 5.74) is -0.0153. The van der Waals surface area contributed by atoms with Gasteiger partial charge in [0.2, 0.25) is 11.8 Å². The van der Waals surface area contributed by atoms with Crippen molar-refractivity contribution in [2.24, 2.45) is 5.41 Å². The predicted molar refractivity (Wildman–Crippen MR) is 73.6 cm³/mol. The molecule has 1 saturated carbocycles. The van der Waals surface area contributed by atoms with Gasteiger partial charge in [0.1, 0.15) is 0 Å². The Labute approximate surface area is 114 Å². The van der Waals surface area contributed by atoms with Crippen LogP contribution in [0.1, 0.15) is 46.0 Å². The molecule has 19 heavy (non-hydrogen) atoms. The SMILES string of the molecule is CC1(C)CCCNC1C(=O)NCCC(=O)NC1CC1. The first-order valence-corrected chi connectivity index (χ1v) is 7.29. The van der Waals surface area contributed by atoms with E-state index in [9.17, 15) is 9.59 Å². The molecule has 5 nitrogen and oxygen atoms in total. The molecule has 0 radical (unpaired) electrons. The Morgan fingerprint density at radius 3 is 2.68 bits per heavy atom. The van der Waals surface area contributed by atoms with Crippen LogP contribution in [-0.2, 0) is 9.59 Å². The lowest BCUT2D eigenvalue weighted by molar-refractivity contribution is -0.127. The second kappa shape index (κ2) is 5.90. The number of rotatable bonds is 5. The number of carbonyl (C=O) groups excluding carboxylic acids is 2. The highest BCUT2D eigenvalue weighted by atomic mass is 16.2. The van der Waals surface area contributed by atoms with Crippen LogP contribution in [0.15, 0.2) is 0 Å². The summed E-state index contributed by atoms with van der Waals surface area (Å²) in [6.07, 6.45) is 4.73. The molecule has 2 fully saturated rings. The average Bonchev–Trinajstić information content (AvgIpc) is 3.12. The van der Waals surface area contributed by atoms with E-state index >= 15 is 0 Å². The molecule has 0 aromatic heterocycles. The highest BCUT2D eigenvalue weighted by Gasteiger charge is 2.36. The second-order valence-electron chi connectivity index (χ2n) is 6.36. The summed E-state index contributed by atoms with van der Waals surface area (Å²) in [5.74, 6) is 0.0579. The number of carbonyl (C=O) groups is 2. The Balaban J connectivity index is 1.69. The molecule has 1 unspecified atom stereocenters. The zero-order valence-electron chi connectivity index (χ0n) is 11.9. The van der Waals surface area contributed by atoms with E-state index in [-0.39, 0.29) is 23.3 Å². The maximum Gasteiger partial charge on any atom is 0.237 e. The maximum absolute atomic E-state index is 12.1. The minimum atomic E-state index is -0.146. The van der Waals surface area contributed by atoms with Crippen LogP contribution in [-0.4, -0.2) is 37.0 Å². The predicted octanol–water partition coefficient (Wildman–Crippen LogP) is 0.550. The third-order valence-corrected chi connectivity index (χ3v) is 3.98. The Kier molecular flexibility index (Phi) is 4.45. The van der Waals surface area contributed by atoms with Crippen molar-refractivity contribution in [3.8, 4) is 0 Å². The standard InChI is InChI=1S/C14H25N3O2/c1-14(2)7-3-8-15-12(14)13(19)16-9-6-11(18)17-10-4-5-10/h10,12,15H,3-9H2,1-2H3,(H,16,19)(H,17,18). The van der Waals surface area contributed by atoms with Gasteiger partial charge in [0, 0.05) is 19.0 Å². The second-order valence-corrected chi connectivity index (χ2v) is 6.36.